The van der Waals surface area contributed by atoms with Gasteiger partial charge < -0.3 is 10.1 Å². The number of morpholine rings is 1. The molecule has 0 bridgehead atoms. The summed E-state index contributed by atoms with van der Waals surface area (Å²) in [7, 11) is 0. The Balaban J connectivity index is 1.85. The van der Waals surface area contributed by atoms with Crippen LogP contribution in [0.1, 0.15) is 17.2 Å². The van der Waals surface area contributed by atoms with Crippen molar-refractivity contribution >= 4 is 0 Å². The fraction of sp³-hybridized carbons (Fsp3) is 0.500. The first-order chi connectivity index (χ1) is 9.70. The Labute approximate surface area is 115 Å². The van der Waals surface area contributed by atoms with Crippen molar-refractivity contribution in [3.63, 3.8) is 0 Å². The van der Waals surface area contributed by atoms with Gasteiger partial charge >= 0.3 is 0 Å². The summed E-state index contributed by atoms with van der Waals surface area (Å²) in [5, 5.41) is 12.1. The van der Waals surface area contributed by atoms with Gasteiger partial charge in [0.15, 0.2) is 0 Å². The fourth-order valence-electron chi connectivity index (χ4n) is 2.81. The van der Waals surface area contributed by atoms with Gasteiger partial charge in [-0.1, -0.05) is 6.07 Å². The van der Waals surface area contributed by atoms with Gasteiger partial charge in [0.2, 0.25) is 0 Å². The van der Waals surface area contributed by atoms with Crippen LogP contribution in [0.4, 0.5) is 8.78 Å². The molecule has 0 radical (unpaired) electrons. The summed E-state index contributed by atoms with van der Waals surface area (Å²) in [5.74, 6) is -1.63. The van der Waals surface area contributed by atoms with Crippen LogP contribution in [0.25, 0.3) is 0 Å². The Morgan fingerprint density at radius 1 is 1.40 bits per heavy atom. The predicted molar refractivity (Wildman–Crippen MR) is 68.0 cm³/mol. The highest BCUT2D eigenvalue weighted by Crippen LogP contribution is 2.29. The first-order valence-corrected chi connectivity index (χ1v) is 6.65. The van der Waals surface area contributed by atoms with Crippen molar-refractivity contribution in [1.82, 2.24) is 10.2 Å². The molecule has 2 aliphatic rings. The maximum absolute atomic E-state index is 14.2. The number of piperazine rings is 1. The van der Waals surface area contributed by atoms with Gasteiger partial charge in [-0.3, -0.25) is 4.90 Å². The number of nitriles is 1. The number of nitrogens with zero attached hydrogens (tertiary/aromatic N) is 2. The van der Waals surface area contributed by atoms with Gasteiger partial charge in [-0.2, -0.15) is 5.26 Å². The lowest BCUT2D eigenvalue weighted by Crippen LogP contribution is -2.57. The van der Waals surface area contributed by atoms with E-state index in [1.165, 1.54) is 6.07 Å². The molecule has 0 aromatic heterocycles. The number of hydrogen-bond donors (Lipinski definition) is 1. The average molecular weight is 279 g/mol. The smallest absolute Gasteiger partial charge is 0.149 e. The molecule has 20 heavy (non-hydrogen) atoms. The van der Waals surface area contributed by atoms with E-state index in [2.05, 4.69) is 10.2 Å². The lowest BCUT2D eigenvalue weighted by Gasteiger charge is -2.42. The zero-order valence-electron chi connectivity index (χ0n) is 10.9. The highest BCUT2D eigenvalue weighted by molar-refractivity contribution is 5.37. The van der Waals surface area contributed by atoms with E-state index in [9.17, 15) is 8.78 Å². The van der Waals surface area contributed by atoms with Crippen LogP contribution >= 0.6 is 0 Å². The number of hydrogen-bond acceptors (Lipinski definition) is 4. The van der Waals surface area contributed by atoms with Crippen LogP contribution in [0.15, 0.2) is 12.1 Å². The summed E-state index contributed by atoms with van der Waals surface area (Å²) in [4.78, 5) is 2.25. The van der Waals surface area contributed by atoms with E-state index in [-0.39, 0.29) is 5.56 Å². The summed E-state index contributed by atoms with van der Waals surface area (Å²) in [5.41, 5.74) is -0.270. The third-order valence-electron chi connectivity index (χ3n) is 3.94. The van der Waals surface area contributed by atoms with Crippen LogP contribution in [0.3, 0.4) is 0 Å². The Kier molecular flexibility index (Phi) is 3.66. The Bertz CT molecular complexity index is 558. The number of ether oxygens (including phenoxy) is 1. The van der Waals surface area contributed by atoms with Gasteiger partial charge in [0, 0.05) is 37.8 Å². The molecule has 6 heteroatoms. The van der Waals surface area contributed by atoms with Crippen LogP contribution in [0, 0.1) is 23.0 Å². The van der Waals surface area contributed by atoms with Crippen LogP contribution < -0.4 is 5.32 Å². The van der Waals surface area contributed by atoms with Crippen LogP contribution in [-0.2, 0) is 4.74 Å². The van der Waals surface area contributed by atoms with E-state index in [0.29, 0.717) is 19.2 Å². The number of halogens is 2. The molecule has 2 atom stereocenters. The minimum atomic E-state index is -0.829. The number of nitrogens with one attached hydrogen (secondary N) is 1. The molecule has 106 valence electrons. The maximum atomic E-state index is 14.2. The molecule has 1 aromatic carbocycles. The van der Waals surface area contributed by atoms with E-state index < -0.39 is 23.3 Å². The predicted octanol–water partition coefficient (Wildman–Crippen LogP) is 1.18. The van der Waals surface area contributed by atoms with Gasteiger partial charge in [-0.25, -0.2) is 8.78 Å². The Hall–Kier alpha value is -1.55. The van der Waals surface area contributed by atoms with E-state index in [0.717, 1.165) is 25.7 Å². The second-order valence-electron chi connectivity index (χ2n) is 5.11. The second-order valence-corrected chi connectivity index (χ2v) is 5.11. The summed E-state index contributed by atoms with van der Waals surface area (Å²) < 4.78 is 33.2. The minimum absolute atomic E-state index is 0.264. The second kappa shape index (κ2) is 5.44. The summed E-state index contributed by atoms with van der Waals surface area (Å²) in [6.45, 7) is 3.73. The van der Waals surface area contributed by atoms with Crippen LogP contribution in [0.2, 0.25) is 0 Å². The fourth-order valence-corrected chi connectivity index (χ4v) is 2.81. The van der Waals surface area contributed by atoms with Crippen LogP contribution in [0.5, 0.6) is 0 Å². The van der Waals surface area contributed by atoms with E-state index in [4.69, 9.17) is 10.00 Å². The molecule has 2 aliphatic heterocycles. The zero-order chi connectivity index (χ0) is 14.1. The number of rotatable bonds is 1. The third kappa shape index (κ3) is 2.29. The molecule has 2 saturated heterocycles. The molecule has 0 unspecified atom stereocenters. The maximum Gasteiger partial charge on any atom is 0.149 e. The van der Waals surface area contributed by atoms with Crippen molar-refractivity contribution in [2.75, 3.05) is 32.8 Å². The quantitative estimate of drug-likeness (QED) is 0.838. The van der Waals surface area contributed by atoms with Gasteiger partial charge in [-0.05, 0) is 6.07 Å². The molecular weight excluding hydrogens is 264 g/mol. The molecule has 0 amide bonds. The van der Waals surface area contributed by atoms with E-state index >= 15 is 0 Å². The molecule has 4 nitrogen and oxygen atoms in total. The van der Waals surface area contributed by atoms with E-state index in [1.807, 2.05) is 0 Å². The summed E-state index contributed by atoms with van der Waals surface area (Å²) >= 11 is 0. The van der Waals surface area contributed by atoms with Crippen molar-refractivity contribution in [2.24, 2.45) is 0 Å². The molecule has 0 spiro atoms. The van der Waals surface area contributed by atoms with Crippen molar-refractivity contribution < 1.29 is 13.5 Å². The molecule has 1 N–H and O–H groups in total. The number of benzene rings is 1. The van der Waals surface area contributed by atoms with Crippen LogP contribution in [-0.4, -0.2) is 43.7 Å². The number of fused-ring (bicyclic) bond motifs is 1. The molecule has 0 aliphatic carbocycles. The first kappa shape index (κ1) is 13.4. The van der Waals surface area contributed by atoms with Gasteiger partial charge in [0.25, 0.3) is 0 Å². The summed E-state index contributed by atoms with van der Waals surface area (Å²) in [6.07, 6.45) is -0.447. The zero-order valence-corrected chi connectivity index (χ0v) is 10.9. The standard InChI is InChI=1S/C14H15F2N3O/c15-12-2-1-10(14(16)11(12)5-17)13-7-19-4-3-18-6-9(19)8-20-13/h1-2,9,13,18H,3-4,6-8H2/t9-,13+/m0/s1. The van der Waals surface area contributed by atoms with Gasteiger partial charge in [0.1, 0.15) is 23.3 Å². The molecule has 1 aromatic rings. The molecular formula is C14H15F2N3O. The largest absolute Gasteiger partial charge is 0.370 e. The minimum Gasteiger partial charge on any atom is -0.370 e. The summed E-state index contributed by atoms with van der Waals surface area (Å²) in [6, 6.07) is 4.38. The van der Waals surface area contributed by atoms with Crippen molar-refractivity contribution in [2.45, 2.75) is 12.1 Å². The normalized spacial score (nSPS) is 26.9. The SMILES string of the molecule is N#Cc1c(F)ccc([C@H]2CN3CCNC[C@H]3CO2)c1F. The molecule has 0 saturated carbocycles. The van der Waals surface area contributed by atoms with E-state index in [1.54, 1.807) is 6.07 Å². The Morgan fingerprint density at radius 2 is 2.25 bits per heavy atom. The van der Waals surface area contributed by atoms with Crippen molar-refractivity contribution in [1.29, 1.82) is 5.26 Å². The highest BCUT2D eigenvalue weighted by atomic mass is 19.1. The monoisotopic (exact) mass is 279 g/mol. The third-order valence-corrected chi connectivity index (χ3v) is 3.94. The van der Waals surface area contributed by atoms with Gasteiger partial charge in [0.05, 0.1) is 12.7 Å². The molecule has 3 rings (SSSR count). The first-order valence-electron chi connectivity index (χ1n) is 6.65. The average Bonchev–Trinajstić information content (AvgIpc) is 2.47. The molecule has 2 fully saturated rings. The lowest BCUT2D eigenvalue weighted by atomic mass is 10.0. The topological polar surface area (TPSA) is 48.3 Å². The molecule has 2 heterocycles. The van der Waals surface area contributed by atoms with Gasteiger partial charge in [-0.15, -0.1) is 0 Å². The van der Waals surface area contributed by atoms with Crippen molar-refractivity contribution in [3.8, 4) is 6.07 Å². The Morgan fingerprint density at radius 3 is 3.05 bits per heavy atom. The highest BCUT2D eigenvalue weighted by Gasteiger charge is 2.33. The lowest BCUT2D eigenvalue weighted by molar-refractivity contribution is -0.0730. The van der Waals surface area contributed by atoms with Crippen molar-refractivity contribution in [3.05, 3.63) is 34.9 Å².